The standard InChI is InChI=1S/C25H34FN3O5.C23H32FN3O4.C19H25FN2O.H2/c1-2-33-23(30)28-10-5-19(6-11-28)27-12-8-25(9-13-27)17-29(22-4-3-18(26)15-21(22)25)24(31)34-20-7-14-32-16-20;1-3-30-21(28)26-11-7-18(8-12-26)25-13-9-23(10-14-25)16-27(22(29)31-4-2)20-6-5-17(24)15-19(20)23;20-14-1-3-17-16(10-14)19(12-21-17)5-7-22(8-6-19)11-13-9-15-2-4-18(13)23-15;/h3-4,15,19-20H,2,5-14,16-17H2,1H3;5-6,15,18H,3-4,7-14,16H2,1-2H3;1,3,10,13,15,18,21H,2,4-9,11-12H2;1H/t20-;;13-,15-,18-;/m0.0./s1. The second kappa shape index (κ2) is 26.9. The third-order valence-corrected chi connectivity index (χ3v) is 21.7. The molecule has 3 aromatic rings. The summed E-state index contributed by atoms with van der Waals surface area (Å²) in [5.41, 5.74) is 5.40. The third-order valence-electron chi connectivity index (χ3n) is 21.7. The molecule has 3 spiro atoms. The van der Waals surface area contributed by atoms with Crippen LogP contribution < -0.4 is 15.1 Å². The lowest BCUT2D eigenvalue weighted by Gasteiger charge is -2.45. The minimum absolute atomic E-state index is 0. The SMILES string of the molecule is CCOC(=O)N1CCC(N2CCC3(CC2)CN(C(=O)OCC)c2ccc(F)cc23)CC1.CCOC(=O)N1CCC(N2CCC3(CC2)CN(C(=O)O[C@H]2CCOC2)c2ccc(F)cc23)CC1.Fc1ccc2c(c1)C1(CCN(C[C@@H]3C[C@@H]4CC[C@@H]3O4)CC1)CN2.[HH]. The summed E-state index contributed by atoms with van der Waals surface area (Å²) in [6.07, 6.45) is 13.7. The molecule has 0 aliphatic carbocycles. The number of amides is 4. The highest BCUT2D eigenvalue weighted by Gasteiger charge is 2.51. The Bertz CT molecular complexity index is 2960. The van der Waals surface area contributed by atoms with E-state index >= 15 is 0 Å². The van der Waals surface area contributed by atoms with Crippen molar-refractivity contribution in [3.63, 3.8) is 0 Å². The van der Waals surface area contributed by atoms with Crippen LogP contribution in [-0.2, 0) is 44.7 Å². The molecule has 11 aliphatic rings. The van der Waals surface area contributed by atoms with E-state index in [0.29, 0.717) is 89.9 Å². The largest absolute Gasteiger partial charge is 0.450 e. The maximum absolute atomic E-state index is 14.3. The lowest BCUT2D eigenvalue weighted by Crippen LogP contribution is -2.52. The summed E-state index contributed by atoms with van der Waals surface area (Å²) in [5, 5.41) is 3.49. The molecular formula is C67H93F3N8O10. The fourth-order valence-electron chi connectivity index (χ4n) is 16.7. The van der Waals surface area contributed by atoms with E-state index in [9.17, 15) is 32.3 Å². The van der Waals surface area contributed by atoms with Gasteiger partial charge in [0, 0.05) is 100 Å². The minimum atomic E-state index is -0.367. The predicted molar refractivity (Wildman–Crippen MR) is 329 cm³/mol. The van der Waals surface area contributed by atoms with Gasteiger partial charge in [-0.3, -0.25) is 9.80 Å². The van der Waals surface area contributed by atoms with Crippen molar-refractivity contribution >= 4 is 41.4 Å². The fraction of sp³-hybridized carbons (Fsp3) is 0.672. The zero-order valence-electron chi connectivity index (χ0n) is 51.8. The van der Waals surface area contributed by atoms with Crippen LogP contribution >= 0.6 is 0 Å². The molecule has 4 amide bonds. The van der Waals surface area contributed by atoms with Crippen LogP contribution in [0.15, 0.2) is 54.6 Å². The maximum atomic E-state index is 14.3. The summed E-state index contributed by atoms with van der Waals surface area (Å²) in [6.45, 7) is 19.5. The summed E-state index contributed by atoms with van der Waals surface area (Å²) in [4.78, 5) is 64.1. The van der Waals surface area contributed by atoms with Crippen molar-refractivity contribution in [3.8, 4) is 0 Å². The minimum Gasteiger partial charge on any atom is -0.450 e. The number of nitrogens with one attached hydrogen (secondary N) is 1. The van der Waals surface area contributed by atoms with Gasteiger partial charge < -0.3 is 58.2 Å². The molecule has 11 aliphatic heterocycles. The molecule has 14 rings (SSSR count). The Morgan fingerprint density at radius 1 is 0.568 bits per heavy atom. The number of piperidine rings is 5. The molecular weight excluding hydrogens is 1130 g/mol. The molecule has 4 atom stereocenters. The van der Waals surface area contributed by atoms with E-state index in [1.807, 2.05) is 19.9 Å². The molecule has 1 N–H and O–H groups in total. The van der Waals surface area contributed by atoms with Crippen molar-refractivity contribution in [2.24, 2.45) is 5.92 Å². The lowest BCUT2D eigenvalue weighted by atomic mass is 9.74. The van der Waals surface area contributed by atoms with E-state index in [1.165, 1.54) is 43.5 Å². The maximum Gasteiger partial charge on any atom is 0.414 e. The molecule has 0 radical (unpaired) electrons. The first-order valence-electron chi connectivity index (χ1n) is 33.0. The number of rotatable bonds is 8. The second-order valence-corrected chi connectivity index (χ2v) is 26.5. The van der Waals surface area contributed by atoms with Crippen molar-refractivity contribution < 1.29 is 62.2 Å². The smallest absolute Gasteiger partial charge is 0.414 e. The van der Waals surface area contributed by atoms with Gasteiger partial charge >= 0.3 is 24.4 Å². The number of benzene rings is 3. The van der Waals surface area contributed by atoms with Crippen LogP contribution in [0, 0.1) is 23.4 Å². The molecule has 3 aromatic carbocycles. The van der Waals surface area contributed by atoms with Crippen LogP contribution in [0.25, 0.3) is 0 Å². The topological polar surface area (TPSA) is 158 Å². The molecule has 21 heteroatoms. The zero-order chi connectivity index (χ0) is 61.2. The molecule has 8 saturated heterocycles. The van der Waals surface area contributed by atoms with Crippen LogP contribution in [-0.4, -0.2) is 204 Å². The van der Waals surface area contributed by atoms with Crippen LogP contribution in [0.4, 0.5) is 49.4 Å². The average Bonchev–Trinajstić information content (AvgIpc) is 1.70. The third kappa shape index (κ3) is 13.0. The van der Waals surface area contributed by atoms with Gasteiger partial charge in [-0.2, -0.15) is 0 Å². The van der Waals surface area contributed by atoms with Crippen molar-refractivity contribution in [2.75, 3.05) is 140 Å². The van der Waals surface area contributed by atoms with E-state index in [2.05, 4.69) is 20.0 Å². The Balaban J connectivity index is 0.000000139. The van der Waals surface area contributed by atoms with Gasteiger partial charge in [0.1, 0.15) is 23.6 Å². The number of carbonyl (C=O) groups excluding carboxylic acids is 4. The number of nitrogens with zero attached hydrogens (tertiary/aromatic N) is 7. The van der Waals surface area contributed by atoms with E-state index in [0.717, 1.165) is 157 Å². The Labute approximate surface area is 518 Å². The fourth-order valence-corrected chi connectivity index (χ4v) is 16.7. The Kier molecular flexibility index (Phi) is 19.1. The first-order chi connectivity index (χ1) is 42.7. The number of likely N-dealkylation sites (tertiary alicyclic amines) is 5. The monoisotopic (exact) mass is 1230 g/mol. The Hall–Kier alpha value is -5.87. The van der Waals surface area contributed by atoms with Gasteiger partial charge in [-0.1, -0.05) is 0 Å². The number of hydrogen-bond donors (Lipinski definition) is 1. The zero-order valence-corrected chi connectivity index (χ0v) is 51.8. The first-order valence-corrected chi connectivity index (χ1v) is 33.0. The molecule has 11 heterocycles. The quantitative estimate of drug-likeness (QED) is 0.212. The summed E-state index contributed by atoms with van der Waals surface area (Å²) in [5.74, 6) is 0.103. The summed E-state index contributed by atoms with van der Waals surface area (Å²) < 4.78 is 74.6. The highest BCUT2D eigenvalue weighted by molar-refractivity contribution is 5.92. The van der Waals surface area contributed by atoms with Crippen LogP contribution in [0.2, 0.25) is 0 Å². The molecule has 0 saturated carbocycles. The van der Waals surface area contributed by atoms with Gasteiger partial charge in [-0.25, -0.2) is 32.3 Å². The average molecular weight is 1230 g/mol. The molecule has 88 heavy (non-hydrogen) atoms. The number of anilines is 3. The van der Waals surface area contributed by atoms with Crippen molar-refractivity contribution in [2.45, 2.75) is 157 Å². The van der Waals surface area contributed by atoms with Crippen LogP contribution in [0.3, 0.4) is 0 Å². The van der Waals surface area contributed by atoms with Gasteiger partial charge in [0.2, 0.25) is 0 Å². The summed E-state index contributed by atoms with van der Waals surface area (Å²) >= 11 is 0. The summed E-state index contributed by atoms with van der Waals surface area (Å²) in [6, 6.07) is 15.5. The van der Waals surface area contributed by atoms with E-state index in [4.69, 9.17) is 28.4 Å². The normalized spacial score (nSPS) is 26.2. The number of ether oxygens (including phenoxy) is 6. The highest BCUT2D eigenvalue weighted by Crippen LogP contribution is 2.51. The van der Waals surface area contributed by atoms with Crippen LogP contribution in [0.5, 0.6) is 0 Å². The summed E-state index contributed by atoms with van der Waals surface area (Å²) in [7, 11) is 0. The number of halogens is 3. The molecule has 482 valence electrons. The van der Waals surface area contributed by atoms with Gasteiger partial charge in [0.15, 0.2) is 0 Å². The second-order valence-electron chi connectivity index (χ2n) is 26.5. The first kappa shape index (κ1) is 62.3. The van der Waals surface area contributed by atoms with Crippen molar-refractivity contribution in [1.82, 2.24) is 24.5 Å². The van der Waals surface area contributed by atoms with Crippen molar-refractivity contribution in [3.05, 3.63) is 88.7 Å². The Morgan fingerprint density at radius 2 is 1.06 bits per heavy atom. The molecule has 0 unspecified atom stereocenters. The van der Waals surface area contributed by atoms with Gasteiger partial charge in [0.05, 0.1) is 56.6 Å². The van der Waals surface area contributed by atoms with Crippen molar-refractivity contribution in [1.29, 1.82) is 0 Å². The Morgan fingerprint density at radius 3 is 1.53 bits per heavy atom. The van der Waals surface area contributed by atoms with Gasteiger partial charge in [-0.05, 0) is 215 Å². The van der Waals surface area contributed by atoms with E-state index < -0.39 is 0 Å². The van der Waals surface area contributed by atoms with E-state index in [-0.39, 0.29) is 65.6 Å². The molecule has 18 nitrogen and oxygen atoms in total. The van der Waals surface area contributed by atoms with Gasteiger partial charge in [0.25, 0.3) is 0 Å². The predicted octanol–water partition coefficient (Wildman–Crippen LogP) is 10.7. The number of hydrogen-bond acceptors (Lipinski definition) is 14. The number of carbonyl (C=O) groups is 4. The highest BCUT2D eigenvalue weighted by atomic mass is 19.1. The number of fused-ring (bicyclic) bond motifs is 8. The lowest BCUT2D eigenvalue weighted by molar-refractivity contribution is 0.0569. The van der Waals surface area contributed by atoms with Crippen LogP contribution in [0.1, 0.15) is 129 Å². The van der Waals surface area contributed by atoms with E-state index in [1.54, 1.807) is 62.9 Å². The molecule has 0 aromatic heterocycles. The molecule has 8 fully saturated rings. The molecule has 2 bridgehead atoms. The van der Waals surface area contributed by atoms with Gasteiger partial charge in [-0.15, -0.1) is 0 Å².